The lowest BCUT2D eigenvalue weighted by atomic mass is 9.87. The van der Waals surface area contributed by atoms with Crippen molar-refractivity contribution in [1.29, 1.82) is 0 Å². The zero-order valence-corrected chi connectivity index (χ0v) is 22.6. The molecule has 0 spiro atoms. The largest absolute Gasteiger partial charge is 0.497 e. The van der Waals surface area contributed by atoms with Crippen molar-refractivity contribution in [3.63, 3.8) is 0 Å². The molecule has 0 fully saturated rings. The van der Waals surface area contributed by atoms with Gasteiger partial charge in [-0.25, -0.2) is 19.6 Å². The van der Waals surface area contributed by atoms with Gasteiger partial charge >= 0.3 is 11.3 Å². The molecule has 0 aliphatic rings. The van der Waals surface area contributed by atoms with E-state index >= 15 is 0 Å². The molecule has 0 saturated heterocycles. The molecule has 194 valence electrons. The van der Waals surface area contributed by atoms with Gasteiger partial charge in [-0.1, -0.05) is 53.7 Å². The number of hydrogen-bond donors (Lipinski definition) is 0. The van der Waals surface area contributed by atoms with E-state index in [1.54, 1.807) is 30.3 Å². The van der Waals surface area contributed by atoms with Gasteiger partial charge in [-0.05, 0) is 64.4 Å². The molecule has 7 heteroatoms. The van der Waals surface area contributed by atoms with Crippen molar-refractivity contribution in [3.8, 4) is 28.7 Å². The minimum absolute atomic E-state index is 0.110. The molecule has 0 bridgehead atoms. The first-order chi connectivity index (χ1) is 17.8. The van der Waals surface area contributed by atoms with E-state index in [0.717, 1.165) is 11.1 Å². The van der Waals surface area contributed by atoms with E-state index in [1.165, 1.54) is 7.11 Å². The average Bonchev–Trinajstić information content (AvgIpc) is 2.86. The van der Waals surface area contributed by atoms with Gasteiger partial charge in [0.15, 0.2) is 0 Å². The molecule has 0 saturated carbocycles. The molecule has 0 atom stereocenters. The van der Waals surface area contributed by atoms with E-state index < -0.39 is 11.3 Å². The fraction of sp³-hybridized carbons (Fsp3) is 0.290. The summed E-state index contributed by atoms with van der Waals surface area (Å²) in [5.41, 5.74) is 2.98. The molecule has 0 N–H and O–H groups in total. The molecule has 0 aliphatic carbocycles. The number of aromatic nitrogens is 2. The number of benzene rings is 3. The van der Waals surface area contributed by atoms with E-state index in [4.69, 9.17) is 13.6 Å². The fourth-order valence-corrected chi connectivity index (χ4v) is 4.29. The third-order valence-electron chi connectivity index (χ3n) is 6.63. The molecular formula is C31H30N2O5. The van der Waals surface area contributed by atoms with Crippen LogP contribution >= 0.6 is 0 Å². The standard InChI is InChI=1S/C31H30N2O5/c1-30(2,3)19-8-10-22-24(15-19)32-26(37-28(22)34)17-12-18(14-21(13-17)36-7)27-33-25-16-20(31(4,5)6)9-11-23(25)29(35)38-27/h8-16H,1-7H3. The SMILES string of the molecule is COc1cc(-c2nc3cc(C(C)(C)C)ccc3c(=O)o2)cc(-c2nc3cc(C(C)(C)C)ccc3c(=O)o2)c1. The number of fused-ring (bicyclic) bond motifs is 2. The van der Waals surface area contributed by atoms with Crippen LogP contribution in [0.3, 0.4) is 0 Å². The van der Waals surface area contributed by atoms with Gasteiger partial charge in [-0.3, -0.25) is 0 Å². The Morgan fingerprint density at radius 3 is 1.42 bits per heavy atom. The zero-order chi connectivity index (χ0) is 27.4. The maximum Gasteiger partial charge on any atom is 0.347 e. The lowest BCUT2D eigenvalue weighted by molar-refractivity contribution is 0.414. The molecule has 3 aromatic carbocycles. The molecule has 5 rings (SSSR count). The van der Waals surface area contributed by atoms with Crippen LogP contribution in [0.15, 0.2) is 73.0 Å². The summed E-state index contributed by atoms with van der Waals surface area (Å²) < 4.78 is 16.7. The van der Waals surface area contributed by atoms with Gasteiger partial charge in [0.1, 0.15) is 5.75 Å². The number of methoxy groups -OCH3 is 1. The van der Waals surface area contributed by atoms with Gasteiger partial charge in [-0.2, -0.15) is 0 Å². The zero-order valence-electron chi connectivity index (χ0n) is 22.6. The van der Waals surface area contributed by atoms with Crippen LogP contribution in [0.5, 0.6) is 5.75 Å². The highest BCUT2D eigenvalue weighted by Crippen LogP contribution is 2.32. The van der Waals surface area contributed by atoms with Crippen LogP contribution in [0.2, 0.25) is 0 Å². The molecule has 2 aromatic heterocycles. The minimum Gasteiger partial charge on any atom is -0.497 e. The first-order valence-electron chi connectivity index (χ1n) is 12.4. The summed E-state index contributed by atoms with van der Waals surface area (Å²) in [5.74, 6) is 0.734. The smallest absolute Gasteiger partial charge is 0.347 e. The fourth-order valence-electron chi connectivity index (χ4n) is 4.29. The molecule has 7 nitrogen and oxygen atoms in total. The molecule has 0 unspecified atom stereocenters. The summed E-state index contributed by atoms with van der Waals surface area (Å²) in [6, 6.07) is 16.3. The topological polar surface area (TPSA) is 95.4 Å². The monoisotopic (exact) mass is 510 g/mol. The third-order valence-corrected chi connectivity index (χ3v) is 6.63. The molecule has 5 aromatic rings. The molecular weight excluding hydrogens is 480 g/mol. The number of hydrogen-bond acceptors (Lipinski definition) is 7. The normalized spacial score (nSPS) is 12.3. The Morgan fingerprint density at radius 1 is 0.632 bits per heavy atom. The summed E-state index contributed by atoms with van der Waals surface area (Å²) in [5, 5.41) is 0.809. The van der Waals surface area contributed by atoms with Crippen LogP contribution in [0.25, 0.3) is 44.7 Å². The van der Waals surface area contributed by atoms with Crippen molar-refractivity contribution in [1.82, 2.24) is 9.97 Å². The van der Waals surface area contributed by atoms with Crippen LogP contribution in [0.1, 0.15) is 52.7 Å². The van der Waals surface area contributed by atoms with Gasteiger partial charge in [-0.15, -0.1) is 0 Å². The van der Waals surface area contributed by atoms with Crippen LogP contribution in [0.4, 0.5) is 0 Å². The summed E-state index contributed by atoms with van der Waals surface area (Å²) >= 11 is 0. The number of nitrogens with zero attached hydrogens (tertiary/aromatic N) is 2. The van der Waals surface area contributed by atoms with Gasteiger partial charge in [0.2, 0.25) is 11.8 Å². The average molecular weight is 511 g/mol. The second-order valence-corrected chi connectivity index (χ2v) is 11.5. The van der Waals surface area contributed by atoms with Gasteiger partial charge < -0.3 is 13.6 Å². The second-order valence-electron chi connectivity index (χ2n) is 11.5. The van der Waals surface area contributed by atoms with Crippen molar-refractivity contribution in [2.75, 3.05) is 7.11 Å². The first-order valence-corrected chi connectivity index (χ1v) is 12.4. The van der Waals surface area contributed by atoms with Gasteiger partial charge in [0.05, 0.1) is 28.9 Å². The van der Waals surface area contributed by atoms with E-state index in [9.17, 15) is 9.59 Å². The Morgan fingerprint density at radius 2 is 1.05 bits per heavy atom. The van der Waals surface area contributed by atoms with E-state index in [1.807, 2.05) is 24.3 Å². The highest BCUT2D eigenvalue weighted by atomic mass is 16.5. The lowest BCUT2D eigenvalue weighted by Crippen LogP contribution is -2.12. The molecule has 38 heavy (non-hydrogen) atoms. The molecule has 0 aliphatic heterocycles. The van der Waals surface area contributed by atoms with Crippen LogP contribution in [-0.4, -0.2) is 17.1 Å². The predicted molar refractivity (Wildman–Crippen MR) is 149 cm³/mol. The van der Waals surface area contributed by atoms with E-state index in [-0.39, 0.29) is 22.6 Å². The van der Waals surface area contributed by atoms with E-state index in [0.29, 0.717) is 38.7 Å². The van der Waals surface area contributed by atoms with Crippen LogP contribution < -0.4 is 16.0 Å². The van der Waals surface area contributed by atoms with Crippen molar-refractivity contribution in [2.24, 2.45) is 0 Å². The minimum atomic E-state index is -0.486. The number of ether oxygens (including phenoxy) is 1. The second kappa shape index (κ2) is 8.94. The molecule has 0 amide bonds. The third kappa shape index (κ3) is 4.72. The highest BCUT2D eigenvalue weighted by Gasteiger charge is 2.19. The van der Waals surface area contributed by atoms with Gasteiger partial charge in [0, 0.05) is 11.1 Å². The summed E-state index contributed by atoms with van der Waals surface area (Å²) in [6.07, 6.45) is 0. The highest BCUT2D eigenvalue weighted by molar-refractivity contribution is 5.82. The van der Waals surface area contributed by atoms with Crippen molar-refractivity contribution in [3.05, 3.63) is 86.6 Å². The molecule has 2 heterocycles. The summed E-state index contributed by atoms with van der Waals surface area (Å²) in [7, 11) is 1.53. The molecule has 0 radical (unpaired) electrons. The van der Waals surface area contributed by atoms with Crippen LogP contribution in [-0.2, 0) is 10.8 Å². The Bertz CT molecular complexity index is 1690. The van der Waals surface area contributed by atoms with Crippen LogP contribution in [0, 0.1) is 0 Å². The maximum atomic E-state index is 12.8. The van der Waals surface area contributed by atoms with Crippen molar-refractivity contribution >= 4 is 21.8 Å². The quantitative estimate of drug-likeness (QED) is 0.269. The van der Waals surface area contributed by atoms with Gasteiger partial charge in [0.25, 0.3) is 0 Å². The predicted octanol–water partition coefficient (Wildman–Crippen LogP) is 6.63. The number of rotatable bonds is 3. The lowest BCUT2D eigenvalue weighted by Gasteiger charge is -2.19. The summed E-state index contributed by atoms with van der Waals surface area (Å²) in [4.78, 5) is 35.0. The van der Waals surface area contributed by atoms with Crippen molar-refractivity contribution < 1.29 is 13.6 Å². The van der Waals surface area contributed by atoms with E-state index in [2.05, 4.69) is 51.5 Å². The maximum absolute atomic E-state index is 12.8. The Hall–Kier alpha value is -4.26. The Kier molecular flexibility index (Phi) is 5.97. The summed E-state index contributed by atoms with van der Waals surface area (Å²) in [6.45, 7) is 12.6. The Balaban J connectivity index is 1.69. The first kappa shape index (κ1) is 25.4. The Labute approximate surface area is 220 Å². The van der Waals surface area contributed by atoms with Crippen molar-refractivity contribution in [2.45, 2.75) is 52.4 Å².